The standard InChI is InChI=1S/C25H25Cl2N3O5S/c1-15(31)29-24(28)17-6-5-16-7-8-21(10-18(16)9-17)30(14-23(32)35-25(2,3)4)36(33,34)22-12-19(26)11-20(27)13-22/h5-13H,14H2,1-4H3,(H2,28,29,31). The van der Waals surface area contributed by atoms with Gasteiger partial charge in [-0.05, 0) is 67.9 Å². The smallest absolute Gasteiger partial charge is 0.327 e. The summed E-state index contributed by atoms with van der Waals surface area (Å²) in [6.07, 6.45) is 0. The van der Waals surface area contributed by atoms with Crippen LogP contribution in [0, 0.1) is 0 Å². The number of anilines is 1. The van der Waals surface area contributed by atoms with Crippen LogP contribution in [0.5, 0.6) is 0 Å². The highest BCUT2D eigenvalue weighted by Crippen LogP contribution is 2.31. The summed E-state index contributed by atoms with van der Waals surface area (Å²) in [5.41, 5.74) is 5.78. The molecule has 36 heavy (non-hydrogen) atoms. The molecule has 0 aliphatic heterocycles. The van der Waals surface area contributed by atoms with E-state index in [4.69, 9.17) is 33.7 Å². The Balaban J connectivity index is 2.16. The van der Waals surface area contributed by atoms with E-state index in [0.717, 1.165) is 9.69 Å². The third-order valence-electron chi connectivity index (χ3n) is 4.80. The topological polar surface area (TPSA) is 119 Å². The maximum absolute atomic E-state index is 13.7. The van der Waals surface area contributed by atoms with E-state index in [9.17, 15) is 18.0 Å². The number of carbonyl (C=O) groups excluding carboxylic acids is 2. The SMILES string of the molecule is CC(=O)N=C(N)c1ccc2ccc(N(CC(=O)OC(C)(C)C)S(=O)(=O)c3cc(Cl)cc(Cl)c3)cc2c1. The molecule has 0 bridgehead atoms. The lowest BCUT2D eigenvalue weighted by Crippen LogP contribution is -2.39. The van der Waals surface area contributed by atoms with E-state index in [1.807, 2.05) is 0 Å². The Hall–Kier alpha value is -3.14. The van der Waals surface area contributed by atoms with Gasteiger partial charge in [-0.2, -0.15) is 4.99 Å². The van der Waals surface area contributed by atoms with Crippen molar-refractivity contribution in [2.45, 2.75) is 38.2 Å². The number of amidine groups is 1. The van der Waals surface area contributed by atoms with Crippen LogP contribution in [0.1, 0.15) is 33.3 Å². The summed E-state index contributed by atoms with van der Waals surface area (Å²) in [4.78, 5) is 27.6. The van der Waals surface area contributed by atoms with Crippen molar-refractivity contribution in [1.82, 2.24) is 0 Å². The zero-order valence-electron chi connectivity index (χ0n) is 20.1. The van der Waals surface area contributed by atoms with E-state index in [1.54, 1.807) is 57.2 Å². The fraction of sp³-hybridized carbons (Fsp3) is 0.240. The molecule has 0 unspecified atom stereocenters. The first-order valence-electron chi connectivity index (χ1n) is 10.8. The van der Waals surface area contributed by atoms with Crippen molar-refractivity contribution in [3.8, 4) is 0 Å². The molecular formula is C25H25Cl2N3O5S. The van der Waals surface area contributed by atoms with Gasteiger partial charge < -0.3 is 10.5 Å². The first-order chi connectivity index (χ1) is 16.7. The Morgan fingerprint density at radius 3 is 2.17 bits per heavy atom. The number of benzene rings is 3. The van der Waals surface area contributed by atoms with Crippen LogP contribution in [-0.2, 0) is 24.3 Å². The number of nitrogens with two attached hydrogens (primary N) is 1. The van der Waals surface area contributed by atoms with E-state index in [0.29, 0.717) is 10.9 Å². The zero-order valence-corrected chi connectivity index (χ0v) is 22.4. The molecule has 3 aromatic carbocycles. The van der Waals surface area contributed by atoms with Gasteiger partial charge in [0.1, 0.15) is 18.0 Å². The van der Waals surface area contributed by atoms with Crippen molar-refractivity contribution in [2.24, 2.45) is 10.7 Å². The van der Waals surface area contributed by atoms with Gasteiger partial charge in [-0.15, -0.1) is 0 Å². The molecule has 1 amide bonds. The molecule has 2 N–H and O–H groups in total. The molecule has 0 aliphatic rings. The molecule has 0 radical (unpaired) electrons. The molecule has 0 saturated heterocycles. The Morgan fingerprint density at radius 1 is 0.972 bits per heavy atom. The number of aliphatic imine (C=N–C) groups is 1. The quantitative estimate of drug-likeness (QED) is 0.264. The molecule has 0 heterocycles. The van der Waals surface area contributed by atoms with E-state index >= 15 is 0 Å². The summed E-state index contributed by atoms with van der Waals surface area (Å²) < 4.78 is 33.7. The second-order valence-corrected chi connectivity index (χ2v) is 11.7. The predicted octanol–water partition coefficient (Wildman–Crippen LogP) is 4.94. The highest BCUT2D eigenvalue weighted by atomic mass is 35.5. The van der Waals surface area contributed by atoms with Crippen LogP contribution < -0.4 is 10.0 Å². The largest absolute Gasteiger partial charge is 0.459 e. The van der Waals surface area contributed by atoms with Crippen LogP contribution >= 0.6 is 23.2 Å². The van der Waals surface area contributed by atoms with Crippen molar-refractivity contribution in [1.29, 1.82) is 0 Å². The van der Waals surface area contributed by atoms with Crippen LogP contribution in [-0.4, -0.2) is 38.3 Å². The van der Waals surface area contributed by atoms with Crippen molar-refractivity contribution in [3.05, 3.63) is 70.2 Å². The molecular weight excluding hydrogens is 525 g/mol. The van der Waals surface area contributed by atoms with Gasteiger partial charge in [0.25, 0.3) is 10.0 Å². The number of ether oxygens (including phenoxy) is 1. The molecule has 3 aromatic rings. The molecule has 0 fully saturated rings. The number of nitrogens with zero attached hydrogens (tertiary/aromatic N) is 2. The van der Waals surface area contributed by atoms with Crippen LogP contribution in [0.4, 0.5) is 5.69 Å². The molecule has 190 valence electrons. The van der Waals surface area contributed by atoms with Gasteiger partial charge in [0, 0.05) is 22.5 Å². The third kappa shape index (κ3) is 6.75. The summed E-state index contributed by atoms with van der Waals surface area (Å²) >= 11 is 12.1. The van der Waals surface area contributed by atoms with Crippen LogP contribution in [0.2, 0.25) is 10.0 Å². The fourth-order valence-corrected chi connectivity index (χ4v) is 5.52. The lowest BCUT2D eigenvalue weighted by atomic mass is 10.1. The number of esters is 1. The second kappa shape index (κ2) is 10.5. The third-order valence-corrected chi connectivity index (χ3v) is 6.99. The molecule has 0 aromatic heterocycles. The van der Waals surface area contributed by atoms with E-state index in [2.05, 4.69) is 4.99 Å². The number of halogens is 2. The Kier molecular flexibility index (Phi) is 7.97. The van der Waals surface area contributed by atoms with Gasteiger partial charge in [-0.3, -0.25) is 13.9 Å². The normalized spacial score (nSPS) is 12.4. The molecule has 11 heteroatoms. The van der Waals surface area contributed by atoms with Crippen molar-refractivity contribution in [3.63, 3.8) is 0 Å². The summed E-state index contributed by atoms with van der Waals surface area (Å²) in [6, 6.07) is 13.9. The Bertz CT molecular complexity index is 1460. The van der Waals surface area contributed by atoms with Gasteiger partial charge in [0.05, 0.1) is 10.6 Å². The number of amides is 1. The van der Waals surface area contributed by atoms with Crippen LogP contribution in [0.15, 0.2) is 64.5 Å². The average Bonchev–Trinajstić information content (AvgIpc) is 2.74. The first-order valence-corrected chi connectivity index (χ1v) is 12.9. The molecule has 0 spiro atoms. The lowest BCUT2D eigenvalue weighted by Gasteiger charge is -2.26. The minimum absolute atomic E-state index is 0.0293. The monoisotopic (exact) mass is 549 g/mol. The number of sulfonamides is 1. The van der Waals surface area contributed by atoms with Crippen molar-refractivity contribution < 1.29 is 22.7 Å². The number of hydrogen-bond donors (Lipinski definition) is 1. The summed E-state index contributed by atoms with van der Waals surface area (Å²) in [7, 11) is -4.29. The minimum Gasteiger partial charge on any atom is -0.459 e. The van der Waals surface area contributed by atoms with Crippen molar-refractivity contribution in [2.75, 3.05) is 10.8 Å². The van der Waals surface area contributed by atoms with Gasteiger partial charge in [0.2, 0.25) is 5.91 Å². The fourth-order valence-electron chi connectivity index (χ4n) is 3.39. The maximum atomic E-state index is 13.7. The number of carbonyl (C=O) groups is 2. The molecule has 0 saturated carbocycles. The van der Waals surface area contributed by atoms with E-state index in [-0.39, 0.29) is 26.5 Å². The molecule has 3 rings (SSSR count). The van der Waals surface area contributed by atoms with Crippen molar-refractivity contribution >= 4 is 67.4 Å². The average molecular weight is 550 g/mol. The van der Waals surface area contributed by atoms with Gasteiger partial charge in [-0.1, -0.05) is 41.4 Å². The summed E-state index contributed by atoms with van der Waals surface area (Å²) in [5, 5.41) is 1.64. The molecule has 8 nitrogen and oxygen atoms in total. The predicted molar refractivity (Wildman–Crippen MR) is 142 cm³/mol. The number of fused-ring (bicyclic) bond motifs is 1. The van der Waals surface area contributed by atoms with Gasteiger partial charge in [0.15, 0.2) is 0 Å². The molecule has 0 aliphatic carbocycles. The zero-order chi connectivity index (χ0) is 26.8. The lowest BCUT2D eigenvalue weighted by molar-refractivity contribution is -0.152. The highest BCUT2D eigenvalue weighted by Gasteiger charge is 2.30. The Morgan fingerprint density at radius 2 is 1.58 bits per heavy atom. The summed E-state index contributed by atoms with van der Waals surface area (Å²) in [5.74, 6) is -1.16. The first kappa shape index (κ1) is 27.4. The van der Waals surface area contributed by atoms with E-state index in [1.165, 1.54) is 25.1 Å². The van der Waals surface area contributed by atoms with E-state index < -0.39 is 34.0 Å². The van der Waals surface area contributed by atoms with Crippen LogP contribution in [0.25, 0.3) is 10.8 Å². The summed E-state index contributed by atoms with van der Waals surface area (Å²) in [6.45, 7) is 5.75. The highest BCUT2D eigenvalue weighted by molar-refractivity contribution is 7.92. The number of hydrogen-bond acceptors (Lipinski definition) is 5. The number of rotatable bonds is 6. The second-order valence-electron chi connectivity index (χ2n) is 8.97. The molecule has 0 atom stereocenters. The minimum atomic E-state index is -4.29. The maximum Gasteiger partial charge on any atom is 0.327 e. The van der Waals surface area contributed by atoms with Gasteiger partial charge in [-0.25, -0.2) is 8.42 Å². The Labute approximate surface area is 219 Å². The van der Waals surface area contributed by atoms with Gasteiger partial charge >= 0.3 is 5.97 Å². The van der Waals surface area contributed by atoms with Crippen LogP contribution in [0.3, 0.4) is 0 Å².